The van der Waals surface area contributed by atoms with Crippen molar-refractivity contribution in [2.24, 2.45) is 11.8 Å². The molecular weight excluding hydrogens is 399 g/mol. The molecule has 0 saturated carbocycles. The third-order valence-corrected chi connectivity index (χ3v) is 6.76. The molecule has 8 nitrogen and oxygen atoms in total. The van der Waals surface area contributed by atoms with Crippen molar-refractivity contribution in [2.45, 2.75) is 24.5 Å². The molecule has 10 heteroatoms. The van der Waals surface area contributed by atoms with Gasteiger partial charge in [-0.1, -0.05) is 11.3 Å². The van der Waals surface area contributed by atoms with Crippen LogP contribution in [0.2, 0.25) is 0 Å². The first-order chi connectivity index (χ1) is 14.1. The number of rotatable bonds is 4. The Bertz CT molecular complexity index is 866. The predicted octanol–water partition coefficient (Wildman–Crippen LogP) is 1.79. The number of hydrogen-bond donors (Lipinski definition) is 2. The van der Waals surface area contributed by atoms with E-state index in [1.165, 1.54) is 24.3 Å². The van der Waals surface area contributed by atoms with Crippen LogP contribution in [0.5, 0.6) is 0 Å². The molecular formula is C19H21FN4O4S. The van der Waals surface area contributed by atoms with E-state index in [1.54, 1.807) is 16.8 Å². The van der Waals surface area contributed by atoms with E-state index >= 15 is 0 Å². The molecule has 1 amide bonds. The van der Waals surface area contributed by atoms with Crippen molar-refractivity contribution in [1.82, 2.24) is 15.5 Å². The monoisotopic (exact) mass is 420 g/mol. The van der Waals surface area contributed by atoms with Crippen molar-refractivity contribution in [3.05, 3.63) is 41.2 Å². The van der Waals surface area contributed by atoms with E-state index in [0.717, 1.165) is 31.1 Å². The highest BCUT2D eigenvalue weighted by molar-refractivity contribution is 7.13. The van der Waals surface area contributed by atoms with Crippen LogP contribution in [0.4, 0.5) is 9.52 Å². The maximum absolute atomic E-state index is 13.0. The van der Waals surface area contributed by atoms with Gasteiger partial charge in [-0.2, -0.15) is 0 Å². The highest BCUT2D eigenvalue weighted by atomic mass is 32.1. The van der Waals surface area contributed by atoms with Crippen molar-refractivity contribution in [3.63, 3.8) is 0 Å². The number of amides is 1. The van der Waals surface area contributed by atoms with Gasteiger partial charge in [0.1, 0.15) is 11.3 Å². The van der Waals surface area contributed by atoms with Gasteiger partial charge in [-0.3, -0.25) is 9.59 Å². The summed E-state index contributed by atoms with van der Waals surface area (Å²) < 4.78 is 19.4. The number of benzene rings is 1. The molecule has 29 heavy (non-hydrogen) atoms. The lowest BCUT2D eigenvalue weighted by molar-refractivity contribution is -0.122. The highest BCUT2D eigenvalue weighted by Crippen LogP contribution is 2.55. The summed E-state index contributed by atoms with van der Waals surface area (Å²) in [6.45, 7) is 2.08. The van der Waals surface area contributed by atoms with Crippen LogP contribution in [-0.4, -0.2) is 59.0 Å². The number of fused-ring (bicyclic) bond motifs is 1. The molecule has 0 unspecified atom stereocenters. The van der Waals surface area contributed by atoms with Gasteiger partial charge in [0.25, 0.3) is 12.4 Å². The standard InChI is InChI=1S/C18H19FN4O2S.CH2O2/c19-12-3-1-11(2-4-12)16(24)20-7-13-14-8-23(17-22-21-10-26-17)9-18(14)6-5-15(13)25-18;2-1-3/h1-4,10,13-15H,5-9H2,(H,20,24);1H,(H,2,3)/t13-,14+,15+,18+;/m0./s1. The molecule has 3 saturated heterocycles. The number of carbonyl (C=O) groups is 2. The van der Waals surface area contributed by atoms with Gasteiger partial charge in [-0.05, 0) is 37.1 Å². The van der Waals surface area contributed by atoms with Crippen molar-refractivity contribution < 1.29 is 23.8 Å². The summed E-state index contributed by atoms with van der Waals surface area (Å²) >= 11 is 1.55. The Morgan fingerprint density at radius 1 is 1.45 bits per heavy atom. The second kappa shape index (κ2) is 8.03. The molecule has 2 aromatic rings. The van der Waals surface area contributed by atoms with Crippen LogP contribution in [0.3, 0.4) is 0 Å². The zero-order valence-electron chi connectivity index (χ0n) is 15.5. The summed E-state index contributed by atoms with van der Waals surface area (Å²) in [4.78, 5) is 23.0. The molecule has 1 aromatic heterocycles. The molecule has 1 spiro atoms. The van der Waals surface area contributed by atoms with Gasteiger partial charge in [0.2, 0.25) is 5.13 Å². The van der Waals surface area contributed by atoms with E-state index in [4.69, 9.17) is 14.6 Å². The smallest absolute Gasteiger partial charge is 0.290 e. The second-order valence-electron chi connectivity index (χ2n) is 7.45. The van der Waals surface area contributed by atoms with Crippen LogP contribution >= 0.6 is 11.3 Å². The van der Waals surface area contributed by atoms with E-state index < -0.39 is 0 Å². The van der Waals surface area contributed by atoms with E-state index in [-0.39, 0.29) is 29.9 Å². The molecule has 3 aliphatic rings. The third kappa shape index (κ3) is 3.69. The molecule has 154 valence electrons. The summed E-state index contributed by atoms with van der Waals surface area (Å²) in [5, 5.41) is 19.0. The van der Waals surface area contributed by atoms with Gasteiger partial charge in [0.05, 0.1) is 11.7 Å². The van der Waals surface area contributed by atoms with E-state index in [1.807, 2.05) is 0 Å². The number of anilines is 1. The fourth-order valence-electron chi connectivity index (χ4n) is 4.83. The number of carbonyl (C=O) groups excluding carboxylic acids is 1. The lowest BCUT2D eigenvalue weighted by Crippen LogP contribution is -2.41. The first-order valence-corrected chi connectivity index (χ1v) is 10.2. The minimum Gasteiger partial charge on any atom is -0.483 e. The SMILES string of the molecule is O=C(NC[C@H]1[C@H]2CN(c3nncs3)C[C@]23CC[C@H]1O3)c1ccc(F)cc1.O=CO. The van der Waals surface area contributed by atoms with Crippen LogP contribution in [0.1, 0.15) is 23.2 Å². The first kappa shape index (κ1) is 19.7. The van der Waals surface area contributed by atoms with Crippen LogP contribution < -0.4 is 10.2 Å². The van der Waals surface area contributed by atoms with Crippen LogP contribution in [0, 0.1) is 17.7 Å². The Labute approximate surface area is 170 Å². The maximum atomic E-state index is 13.0. The Morgan fingerprint density at radius 2 is 2.21 bits per heavy atom. The molecule has 0 aliphatic carbocycles. The Balaban J connectivity index is 0.000000645. The van der Waals surface area contributed by atoms with Crippen LogP contribution in [0.15, 0.2) is 29.8 Å². The van der Waals surface area contributed by atoms with Gasteiger partial charge in [0, 0.05) is 37.0 Å². The van der Waals surface area contributed by atoms with Gasteiger partial charge in [0.15, 0.2) is 0 Å². The fourth-order valence-corrected chi connectivity index (χ4v) is 5.40. The zero-order chi connectivity index (χ0) is 20.4. The zero-order valence-corrected chi connectivity index (χ0v) is 16.3. The molecule has 4 heterocycles. The highest BCUT2D eigenvalue weighted by Gasteiger charge is 2.63. The lowest BCUT2D eigenvalue weighted by atomic mass is 9.73. The average molecular weight is 420 g/mol. The average Bonchev–Trinajstić information content (AvgIpc) is 3.47. The van der Waals surface area contributed by atoms with Crippen molar-refractivity contribution in [3.8, 4) is 0 Å². The summed E-state index contributed by atoms with van der Waals surface area (Å²) in [7, 11) is 0. The van der Waals surface area contributed by atoms with Crippen LogP contribution in [-0.2, 0) is 9.53 Å². The predicted molar refractivity (Wildman–Crippen MR) is 103 cm³/mol. The normalized spacial score (nSPS) is 29.1. The number of ether oxygens (including phenoxy) is 1. The Hall–Kier alpha value is -2.59. The van der Waals surface area contributed by atoms with Gasteiger partial charge in [-0.25, -0.2) is 4.39 Å². The van der Waals surface area contributed by atoms with E-state index in [0.29, 0.717) is 23.9 Å². The molecule has 4 atom stereocenters. The summed E-state index contributed by atoms with van der Waals surface area (Å²) in [6.07, 6.45) is 2.32. The lowest BCUT2D eigenvalue weighted by Gasteiger charge is -2.29. The second-order valence-corrected chi connectivity index (χ2v) is 8.27. The van der Waals surface area contributed by atoms with Crippen molar-refractivity contribution in [1.29, 1.82) is 0 Å². The number of halogens is 1. The molecule has 0 radical (unpaired) electrons. The largest absolute Gasteiger partial charge is 0.483 e. The minimum absolute atomic E-state index is 0.110. The number of hydrogen-bond acceptors (Lipinski definition) is 7. The molecule has 3 fully saturated rings. The van der Waals surface area contributed by atoms with E-state index in [2.05, 4.69) is 20.4 Å². The summed E-state index contributed by atoms with van der Waals surface area (Å²) in [5.41, 5.74) is 2.12. The maximum Gasteiger partial charge on any atom is 0.290 e. The van der Waals surface area contributed by atoms with Gasteiger partial charge < -0.3 is 20.1 Å². The quantitative estimate of drug-likeness (QED) is 0.727. The van der Waals surface area contributed by atoms with Gasteiger partial charge >= 0.3 is 0 Å². The summed E-state index contributed by atoms with van der Waals surface area (Å²) in [6, 6.07) is 5.63. The van der Waals surface area contributed by atoms with E-state index in [9.17, 15) is 9.18 Å². The Kier molecular flexibility index (Phi) is 5.46. The Morgan fingerprint density at radius 3 is 2.90 bits per heavy atom. The van der Waals surface area contributed by atoms with Crippen molar-refractivity contribution in [2.75, 3.05) is 24.5 Å². The number of nitrogens with one attached hydrogen (secondary N) is 1. The number of nitrogens with zero attached hydrogens (tertiary/aromatic N) is 3. The minimum atomic E-state index is -0.340. The number of aromatic nitrogens is 2. The van der Waals surface area contributed by atoms with Crippen LogP contribution in [0.25, 0.3) is 0 Å². The molecule has 5 rings (SSSR count). The summed E-state index contributed by atoms with van der Waals surface area (Å²) in [5.74, 6) is 0.179. The molecule has 1 aromatic carbocycles. The van der Waals surface area contributed by atoms with Crippen molar-refractivity contribution >= 4 is 28.8 Å². The molecule has 2 bridgehead atoms. The molecule has 3 aliphatic heterocycles. The first-order valence-electron chi connectivity index (χ1n) is 9.37. The third-order valence-electron chi connectivity index (χ3n) is 6.01. The fraction of sp³-hybridized carbons (Fsp3) is 0.474. The topological polar surface area (TPSA) is 105 Å². The van der Waals surface area contributed by atoms with Gasteiger partial charge in [-0.15, -0.1) is 10.2 Å². The number of carboxylic acid groups (broad SMARTS) is 1. The molecule has 2 N–H and O–H groups in total.